The number of esters is 1. The van der Waals surface area contributed by atoms with Gasteiger partial charge in [-0.3, -0.25) is 4.79 Å². The van der Waals surface area contributed by atoms with Crippen LogP contribution in [0.4, 0.5) is 5.69 Å². The van der Waals surface area contributed by atoms with E-state index in [0.717, 1.165) is 17.7 Å². The van der Waals surface area contributed by atoms with Crippen molar-refractivity contribution in [3.8, 4) is 5.75 Å². The Kier molecular flexibility index (Phi) is 5.18. The van der Waals surface area contributed by atoms with E-state index in [0.29, 0.717) is 17.9 Å². The highest BCUT2D eigenvalue weighted by molar-refractivity contribution is 5.96. The molecule has 0 radical (unpaired) electrons. The van der Waals surface area contributed by atoms with Crippen molar-refractivity contribution in [2.75, 3.05) is 25.6 Å². The van der Waals surface area contributed by atoms with E-state index in [1.165, 1.54) is 7.11 Å². The molecule has 0 aromatic heterocycles. The Labute approximate surface area is 146 Å². The second kappa shape index (κ2) is 7.70. The third kappa shape index (κ3) is 3.91. The number of benzene rings is 2. The molecule has 1 atom stereocenters. The van der Waals surface area contributed by atoms with Gasteiger partial charge in [-0.1, -0.05) is 30.3 Å². The smallest absolute Gasteiger partial charge is 0.339 e. The van der Waals surface area contributed by atoms with Crippen molar-refractivity contribution in [2.45, 2.75) is 12.5 Å². The summed E-state index contributed by atoms with van der Waals surface area (Å²) in [4.78, 5) is 24.1. The summed E-state index contributed by atoms with van der Waals surface area (Å²) in [6, 6.07) is 14.6. The molecule has 25 heavy (non-hydrogen) atoms. The third-order valence-electron chi connectivity index (χ3n) is 4.07. The minimum Gasteiger partial charge on any atom is -0.493 e. The predicted octanol–water partition coefficient (Wildman–Crippen LogP) is 2.53. The molecule has 1 aliphatic heterocycles. The van der Waals surface area contributed by atoms with Crippen LogP contribution in [0.2, 0.25) is 0 Å². The summed E-state index contributed by atoms with van der Waals surface area (Å²) in [5.41, 5.74) is 1.95. The first-order valence-corrected chi connectivity index (χ1v) is 8.11. The quantitative estimate of drug-likeness (QED) is 0.818. The summed E-state index contributed by atoms with van der Waals surface area (Å²) in [6.45, 7) is 0.633. The summed E-state index contributed by atoms with van der Waals surface area (Å²) >= 11 is 0. The van der Waals surface area contributed by atoms with Crippen molar-refractivity contribution in [1.82, 2.24) is 5.32 Å². The normalized spacial score (nSPS) is 15.5. The molecule has 1 aliphatic rings. The number of anilines is 1. The predicted molar refractivity (Wildman–Crippen MR) is 93.7 cm³/mol. The molecule has 2 N–H and O–H groups in total. The van der Waals surface area contributed by atoms with Crippen LogP contribution in [0.3, 0.4) is 0 Å². The van der Waals surface area contributed by atoms with Crippen LogP contribution in [-0.4, -0.2) is 32.1 Å². The fourth-order valence-corrected chi connectivity index (χ4v) is 2.84. The van der Waals surface area contributed by atoms with Gasteiger partial charge in [0.25, 0.3) is 0 Å². The first kappa shape index (κ1) is 16.8. The molecule has 0 spiro atoms. The minimum atomic E-state index is -0.443. The molecule has 3 rings (SSSR count). The van der Waals surface area contributed by atoms with E-state index in [-0.39, 0.29) is 18.5 Å². The lowest BCUT2D eigenvalue weighted by Gasteiger charge is -2.26. The molecule has 2 aromatic rings. The number of para-hydroxylation sites is 2. The number of amides is 1. The van der Waals surface area contributed by atoms with Gasteiger partial charge in [0, 0.05) is 17.7 Å². The number of hydrogen-bond acceptors (Lipinski definition) is 5. The number of carbonyl (C=O) groups excluding carboxylic acids is 2. The Bertz CT molecular complexity index is 776. The molecular weight excluding hydrogens is 320 g/mol. The maximum Gasteiger partial charge on any atom is 0.339 e. The highest BCUT2D eigenvalue weighted by atomic mass is 16.5. The topological polar surface area (TPSA) is 76.7 Å². The first-order valence-electron chi connectivity index (χ1n) is 8.11. The molecule has 2 aromatic carbocycles. The Balaban J connectivity index is 1.62. The lowest BCUT2D eigenvalue weighted by atomic mass is 10.0. The molecule has 0 saturated heterocycles. The lowest BCUT2D eigenvalue weighted by molar-refractivity contribution is -0.120. The fraction of sp³-hybridized carbons (Fsp3) is 0.263. The van der Waals surface area contributed by atoms with E-state index in [1.807, 2.05) is 24.3 Å². The van der Waals surface area contributed by atoms with Crippen LogP contribution in [0, 0.1) is 0 Å². The standard InChI is InChI=1S/C19H20N2O4/c1-24-19(23)14-7-2-4-8-15(14)20-12-18(22)21-16-10-11-25-17-9-5-3-6-13(16)17/h2-9,16,20H,10-12H2,1H3,(H,21,22). The van der Waals surface area contributed by atoms with Gasteiger partial charge in [0.05, 0.1) is 31.9 Å². The van der Waals surface area contributed by atoms with Gasteiger partial charge in [0.1, 0.15) is 5.75 Å². The van der Waals surface area contributed by atoms with Crippen LogP contribution in [-0.2, 0) is 9.53 Å². The Morgan fingerprint density at radius 1 is 1.16 bits per heavy atom. The van der Waals surface area contributed by atoms with Crippen LogP contribution < -0.4 is 15.4 Å². The Morgan fingerprint density at radius 3 is 2.76 bits per heavy atom. The molecule has 6 nitrogen and oxygen atoms in total. The summed E-state index contributed by atoms with van der Waals surface area (Å²) < 4.78 is 10.4. The van der Waals surface area contributed by atoms with Gasteiger partial charge in [-0.25, -0.2) is 4.79 Å². The second-order valence-electron chi connectivity index (χ2n) is 5.69. The molecule has 1 amide bonds. The van der Waals surface area contributed by atoms with Crippen LogP contribution in [0.1, 0.15) is 28.4 Å². The molecular formula is C19H20N2O4. The SMILES string of the molecule is COC(=O)c1ccccc1NCC(=O)NC1CCOc2ccccc21. The Hall–Kier alpha value is -3.02. The van der Waals surface area contributed by atoms with Gasteiger partial charge in [0.2, 0.25) is 5.91 Å². The van der Waals surface area contributed by atoms with Gasteiger partial charge in [-0.2, -0.15) is 0 Å². The molecule has 1 heterocycles. The fourth-order valence-electron chi connectivity index (χ4n) is 2.84. The summed E-state index contributed by atoms with van der Waals surface area (Å²) in [5, 5.41) is 6.01. The number of ether oxygens (including phenoxy) is 2. The number of methoxy groups -OCH3 is 1. The van der Waals surface area contributed by atoms with Crippen LogP contribution >= 0.6 is 0 Å². The van der Waals surface area contributed by atoms with Crippen molar-refractivity contribution in [3.63, 3.8) is 0 Å². The Morgan fingerprint density at radius 2 is 1.92 bits per heavy atom. The molecule has 6 heteroatoms. The molecule has 0 bridgehead atoms. The zero-order valence-electron chi connectivity index (χ0n) is 14.0. The van der Waals surface area contributed by atoms with Gasteiger partial charge < -0.3 is 20.1 Å². The van der Waals surface area contributed by atoms with Gasteiger partial charge in [-0.15, -0.1) is 0 Å². The van der Waals surface area contributed by atoms with E-state index >= 15 is 0 Å². The van der Waals surface area contributed by atoms with Gasteiger partial charge in [0.15, 0.2) is 0 Å². The van der Waals surface area contributed by atoms with Gasteiger partial charge in [-0.05, 0) is 18.2 Å². The zero-order chi connectivity index (χ0) is 17.6. The molecule has 1 unspecified atom stereocenters. The van der Waals surface area contributed by atoms with Crippen LogP contribution in [0.15, 0.2) is 48.5 Å². The first-order chi connectivity index (χ1) is 12.2. The van der Waals surface area contributed by atoms with Crippen molar-refractivity contribution in [3.05, 3.63) is 59.7 Å². The second-order valence-corrected chi connectivity index (χ2v) is 5.69. The lowest BCUT2D eigenvalue weighted by Crippen LogP contribution is -2.35. The summed E-state index contributed by atoms with van der Waals surface area (Å²) in [6.07, 6.45) is 0.724. The van der Waals surface area contributed by atoms with E-state index in [1.54, 1.807) is 24.3 Å². The van der Waals surface area contributed by atoms with Crippen molar-refractivity contribution >= 4 is 17.6 Å². The number of fused-ring (bicyclic) bond motifs is 1. The van der Waals surface area contributed by atoms with Gasteiger partial charge >= 0.3 is 5.97 Å². The minimum absolute atomic E-state index is 0.0630. The highest BCUT2D eigenvalue weighted by Crippen LogP contribution is 2.31. The van der Waals surface area contributed by atoms with E-state index in [9.17, 15) is 9.59 Å². The van der Waals surface area contributed by atoms with Crippen molar-refractivity contribution in [2.24, 2.45) is 0 Å². The maximum atomic E-state index is 12.3. The molecule has 0 fully saturated rings. The largest absolute Gasteiger partial charge is 0.493 e. The molecule has 130 valence electrons. The van der Waals surface area contributed by atoms with E-state index < -0.39 is 5.97 Å². The van der Waals surface area contributed by atoms with E-state index in [4.69, 9.17) is 9.47 Å². The van der Waals surface area contributed by atoms with Crippen LogP contribution in [0.5, 0.6) is 5.75 Å². The van der Waals surface area contributed by atoms with Crippen molar-refractivity contribution in [1.29, 1.82) is 0 Å². The summed E-state index contributed by atoms with van der Waals surface area (Å²) in [7, 11) is 1.33. The maximum absolute atomic E-state index is 12.3. The average molecular weight is 340 g/mol. The number of rotatable bonds is 5. The third-order valence-corrected chi connectivity index (χ3v) is 4.07. The zero-order valence-corrected chi connectivity index (χ0v) is 14.0. The molecule has 0 aliphatic carbocycles. The average Bonchev–Trinajstić information content (AvgIpc) is 2.66. The number of nitrogens with one attached hydrogen (secondary N) is 2. The highest BCUT2D eigenvalue weighted by Gasteiger charge is 2.22. The monoisotopic (exact) mass is 340 g/mol. The number of carbonyl (C=O) groups is 2. The van der Waals surface area contributed by atoms with Crippen molar-refractivity contribution < 1.29 is 19.1 Å². The number of hydrogen-bond donors (Lipinski definition) is 2. The van der Waals surface area contributed by atoms with E-state index in [2.05, 4.69) is 10.6 Å². The molecule has 0 saturated carbocycles. The summed E-state index contributed by atoms with van der Waals surface area (Å²) in [5.74, 6) is 0.214. The van der Waals surface area contributed by atoms with Crippen LogP contribution in [0.25, 0.3) is 0 Å².